The van der Waals surface area contributed by atoms with Crippen LogP contribution in [0.4, 0.5) is 0 Å². The smallest absolute Gasteiger partial charge is 0.336 e. The van der Waals surface area contributed by atoms with Crippen LogP contribution in [0.15, 0.2) is 39.1 Å². The van der Waals surface area contributed by atoms with Gasteiger partial charge in [-0.2, -0.15) is 0 Å². The average Bonchev–Trinajstić information content (AvgIpc) is 2.61. The Morgan fingerprint density at radius 2 is 2.03 bits per heavy atom. The van der Waals surface area contributed by atoms with Crippen LogP contribution in [0.25, 0.3) is 0 Å². The number of aromatic hydroxyl groups is 1. The number of phenols is 1. The Balaban J connectivity index is 2.25. The summed E-state index contributed by atoms with van der Waals surface area (Å²) in [5, 5.41) is 13.5. The number of hydrogen-bond donors (Lipinski definition) is 2. The number of nitrogens with one attached hydrogen (secondary N) is 1. The lowest BCUT2D eigenvalue weighted by atomic mass is 9.68. The fourth-order valence-electron chi connectivity index (χ4n) is 4.16. The molecule has 0 bridgehead atoms. The molecule has 0 aromatic heterocycles. The van der Waals surface area contributed by atoms with Crippen LogP contribution in [-0.4, -0.2) is 30.6 Å². The van der Waals surface area contributed by atoms with Gasteiger partial charge in [0, 0.05) is 29.3 Å². The molecule has 1 atom stereocenters. The monoisotopic (exact) mass is 463 g/mol. The summed E-state index contributed by atoms with van der Waals surface area (Å²) >= 11 is 3.35. The molecular formula is C22H26BrNO5. The van der Waals surface area contributed by atoms with Crippen molar-refractivity contribution in [1.82, 2.24) is 5.32 Å². The summed E-state index contributed by atoms with van der Waals surface area (Å²) in [6.07, 6.45) is 1.10. The molecule has 6 nitrogen and oxygen atoms in total. The van der Waals surface area contributed by atoms with Crippen molar-refractivity contribution in [2.45, 2.75) is 46.5 Å². The fraction of sp³-hybridized carbons (Fsp3) is 0.455. The van der Waals surface area contributed by atoms with Crippen molar-refractivity contribution in [2.24, 2.45) is 5.41 Å². The average molecular weight is 464 g/mol. The highest BCUT2D eigenvalue weighted by Crippen LogP contribution is 2.48. The molecule has 1 aliphatic carbocycles. The first-order valence-corrected chi connectivity index (χ1v) is 10.4. The first-order valence-electron chi connectivity index (χ1n) is 9.57. The molecule has 3 rings (SSSR count). The molecule has 1 aliphatic heterocycles. The van der Waals surface area contributed by atoms with E-state index < -0.39 is 11.9 Å². The van der Waals surface area contributed by atoms with Crippen molar-refractivity contribution < 1.29 is 24.2 Å². The molecule has 0 amide bonds. The second-order valence-corrected chi connectivity index (χ2v) is 9.06. The van der Waals surface area contributed by atoms with Crippen molar-refractivity contribution in [3.05, 3.63) is 44.7 Å². The van der Waals surface area contributed by atoms with E-state index in [9.17, 15) is 14.7 Å². The van der Waals surface area contributed by atoms with Gasteiger partial charge >= 0.3 is 5.97 Å². The van der Waals surface area contributed by atoms with E-state index in [1.165, 1.54) is 7.11 Å². The number of carbonyl (C=O) groups is 2. The van der Waals surface area contributed by atoms with Gasteiger partial charge in [-0.1, -0.05) is 13.8 Å². The van der Waals surface area contributed by atoms with Gasteiger partial charge in [0.1, 0.15) is 0 Å². The van der Waals surface area contributed by atoms with Crippen LogP contribution in [0.5, 0.6) is 11.5 Å². The molecule has 29 heavy (non-hydrogen) atoms. The first kappa shape index (κ1) is 21.4. The maximum absolute atomic E-state index is 13.2. The SMILES string of the molecule is CCOC(=O)C1=C(C)NC2=C(C(=O)CC(C)(C)C2)C1c1cc(Br)c(O)c(OC)c1. The number of esters is 1. The number of phenolic OH excluding ortho intramolecular Hbond substituents is 1. The van der Waals surface area contributed by atoms with Crippen LogP contribution in [0.3, 0.4) is 0 Å². The molecule has 156 valence electrons. The fourth-order valence-corrected chi connectivity index (χ4v) is 4.62. The van der Waals surface area contributed by atoms with Gasteiger partial charge in [-0.3, -0.25) is 4.79 Å². The third kappa shape index (κ3) is 3.92. The van der Waals surface area contributed by atoms with E-state index in [1.54, 1.807) is 19.1 Å². The first-order chi connectivity index (χ1) is 13.6. The second-order valence-electron chi connectivity index (χ2n) is 8.20. The molecule has 1 aromatic rings. The number of methoxy groups -OCH3 is 1. The van der Waals surface area contributed by atoms with E-state index in [1.807, 2.05) is 6.92 Å². The van der Waals surface area contributed by atoms with E-state index in [2.05, 4.69) is 35.1 Å². The van der Waals surface area contributed by atoms with Gasteiger partial charge in [-0.25, -0.2) is 4.79 Å². The predicted molar refractivity (Wildman–Crippen MR) is 113 cm³/mol. The van der Waals surface area contributed by atoms with E-state index in [-0.39, 0.29) is 29.3 Å². The van der Waals surface area contributed by atoms with Gasteiger partial charge in [0.2, 0.25) is 0 Å². The highest BCUT2D eigenvalue weighted by molar-refractivity contribution is 9.10. The van der Waals surface area contributed by atoms with Crippen LogP contribution in [0.1, 0.15) is 52.0 Å². The lowest BCUT2D eigenvalue weighted by Gasteiger charge is -2.39. The van der Waals surface area contributed by atoms with Crippen LogP contribution in [-0.2, 0) is 14.3 Å². The number of carbonyl (C=O) groups excluding carboxylic acids is 2. The zero-order valence-electron chi connectivity index (χ0n) is 17.3. The van der Waals surface area contributed by atoms with Crippen molar-refractivity contribution in [3.8, 4) is 11.5 Å². The number of dihydropyridines is 1. The van der Waals surface area contributed by atoms with Gasteiger partial charge in [-0.05, 0) is 59.3 Å². The topological polar surface area (TPSA) is 84.9 Å². The second kappa shape index (κ2) is 7.86. The van der Waals surface area contributed by atoms with Crippen molar-refractivity contribution in [2.75, 3.05) is 13.7 Å². The minimum absolute atomic E-state index is 0.00575. The Hall–Kier alpha value is -2.28. The molecule has 1 unspecified atom stereocenters. The van der Waals surface area contributed by atoms with Crippen LogP contribution in [0.2, 0.25) is 0 Å². The summed E-state index contributed by atoms with van der Waals surface area (Å²) in [6, 6.07) is 3.39. The normalized spacial score (nSPS) is 20.9. The minimum atomic E-state index is -0.598. The lowest BCUT2D eigenvalue weighted by Crippen LogP contribution is -2.38. The molecular weight excluding hydrogens is 438 g/mol. The highest BCUT2D eigenvalue weighted by Gasteiger charge is 2.43. The standard InChI is InChI=1S/C22H26BrNO5/c1-6-29-21(27)17-11(2)24-14-9-22(3,4)10-15(25)19(14)18(17)12-7-13(23)20(26)16(8-12)28-5/h7-8,18,24,26H,6,9-10H2,1-5H3. The van der Waals surface area contributed by atoms with E-state index >= 15 is 0 Å². The molecule has 0 saturated carbocycles. The molecule has 0 spiro atoms. The summed E-state index contributed by atoms with van der Waals surface area (Å²) in [4.78, 5) is 26.1. The minimum Gasteiger partial charge on any atom is -0.503 e. The summed E-state index contributed by atoms with van der Waals surface area (Å²) < 4.78 is 11.0. The lowest BCUT2D eigenvalue weighted by molar-refractivity contribution is -0.138. The zero-order chi connectivity index (χ0) is 21.5. The van der Waals surface area contributed by atoms with Crippen molar-refractivity contribution >= 4 is 27.7 Å². The number of hydrogen-bond acceptors (Lipinski definition) is 6. The quantitative estimate of drug-likeness (QED) is 0.646. The van der Waals surface area contributed by atoms with Gasteiger partial charge < -0.3 is 19.9 Å². The Labute approximate surface area is 179 Å². The predicted octanol–water partition coefficient (Wildman–Crippen LogP) is 4.33. The molecule has 1 aromatic carbocycles. The Bertz CT molecular complexity index is 945. The molecule has 0 radical (unpaired) electrons. The number of allylic oxidation sites excluding steroid dienone is 3. The van der Waals surface area contributed by atoms with Crippen molar-refractivity contribution in [1.29, 1.82) is 0 Å². The van der Waals surface area contributed by atoms with E-state index in [0.29, 0.717) is 39.7 Å². The van der Waals surface area contributed by atoms with Gasteiger partial charge in [0.15, 0.2) is 17.3 Å². The third-order valence-corrected chi connectivity index (χ3v) is 5.94. The van der Waals surface area contributed by atoms with Crippen LogP contribution >= 0.6 is 15.9 Å². The van der Waals surface area contributed by atoms with Crippen LogP contribution in [0, 0.1) is 5.41 Å². The molecule has 0 saturated heterocycles. The van der Waals surface area contributed by atoms with E-state index in [4.69, 9.17) is 9.47 Å². The maximum atomic E-state index is 13.2. The summed E-state index contributed by atoms with van der Waals surface area (Å²) in [7, 11) is 1.46. The summed E-state index contributed by atoms with van der Waals surface area (Å²) in [5.74, 6) is -0.825. The Kier molecular flexibility index (Phi) is 5.81. The molecule has 2 N–H and O–H groups in total. The molecule has 7 heteroatoms. The largest absolute Gasteiger partial charge is 0.503 e. The summed E-state index contributed by atoms with van der Waals surface area (Å²) in [5.41, 5.74) is 3.00. The number of halogens is 1. The Morgan fingerprint density at radius 1 is 1.34 bits per heavy atom. The highest BCUT2D eigenvalue weighted by atomic mass is 79.9. The van der Waals surface area contributed by atoms with E-state index in [0.717, 1.165) is 5.70 Å². The molecule has 2 aliphatic rings. The Morgan fingerprint density at radius 3 is 2.66 bits per heavy atom. The zero-order valence-corrected chi connectivity index (χ0v) is 18.9. The third-order valence-electron chi connectivity index (χ3n) is 5.34. The number of rotatable bonds is 4. The van der Waals surface area contributed by atoms with Crippen LogP contribution < -0.4 is 10.1 Å². The molecule has 0 fully saturated rings. The number of ketones is 1. The number of Topliss-reactive ketones (excluding diaryl/α,β-unsaturated/α-hetero) is 1. The molecule has 1 heterocycles. The van der Waals surface area contributed by atoms with Crippen molar-refractivity contribution in [3.63, 3.8) is 0 Å². The van der Waals surface area contributed by atoms with Gasteiger partial charge in [0.05, 0.1) is 23.8 Å². The maximum Gasteiger partial charge on any atom is 0.336 e. The summed E-state index contributed by atoms with van der Waals surface area (Å²) in [6.45, 7) is 7.93. The number of ether oxygens (including phenoxy) is 2. The van der Waals surface area contributed by atoms with Gasteiger partial charge in [-0.15, -0.1) is 0 Å². The number of benzene rings is 1. The van der Waals surface area contributed by atoms with Gasteiger partial charge in [0.25, 0.3) is 0 Å².